The van der Waals surface area contributed by atoms with E-state index in [1.165, 1.54) is 12.1 Å². The van der Waals surface area contributed by atoms with Crippen LogP contribution < -0.4 is 4.72 Å². The average Bonchev–Trinajstić information content (AvgIpc) is 2.47. The molecule has 1 amide bonds. The van der Waals surface area contributed by atoms with Crippen molar-refractivity contribution in [3.05, 3.63) is 29.8 Å². The molecule has 0 spiro atoms. The second-order valence-electron chi connectivity index (χ2n) is 5.12. The van der Waals surface area contributed by atoms with Gasteiger partial charge in [-0.15, -0.1) is 0 Å². The summed E-state index contributed by atoms with van der Waals surface area (Å²) in [5, 5.41) is 0. The smallest absolute Gasteiger partial charge is 0.253 e. The number of likely N-dealkylation sites (N-methyl/N-ethyl adjacent to an activating group) is 1. The van der Waals surface area contributed by atoms with E-state index in [4.69, 9.17) is 0 Å². The van der Waals surface area contributed by atoms with Crippen molar-refractivity contribution in [3.63, 3.8) is 0 Å². The summed E-state index contributed by atoms with van der Waals surface area (Å²) in [6, 6.07) is 6.20. The maximum absolute atomic E-state index is 12.4. The molecule has 0 atom stereocenters. The number of nitrogens with zero attached hydrogens (tertiary/aromatic N) is 2. The van der Waals surface area contributed by atoms with Crippen LogP contribution in [0.4, 0.5) is 0 Å². The zero-order valence-electron chi connectivity index (χ0n) is 12.4. The third kappa shape index (κ3) is 3.81. The molecule has 1 fully saturated rings. The topological polar surface area (TPSA) is 69.7 Å². The van der Waals surface area contributed by atoms with E-state index in [0.717, 1.165) is 13.1 Å². The molecule has 2 rings (SSSR count). The highest BCUT2D eigenvalue weighted by Crippen LogP contribution is 2.14. The number of rotatable bonds is 4. The van der Waals surface area contributed by atoms with Crippen LogP contribution in [0.3, 0.4) is 0 Å². The summed E-state index contributed by atoms with van der Waals surface area (Å²) in [6.07, 6.45) is 0. The van der Waals surface area contributed by atoms with Gasteiger partial charge >= 0.3 is 0 Å². The number of sulfonamides is 1. The van der Waals surface area contributed by atoms with Crippen LogP contribution in [0.25, 0.3) is 0 Å². The van der Waals surface area contributed by atoms with Gasteiger partial charge in [0.2, 0.25) is 10.0 Å². The number of hydrogen-bond acceptors (Lipinski definition) is 4. The van der Waals surface area contributed by atoms with Gasteiger partial charge in [0.1, 0.15) is 0 Å². The van der Waals surface area contributed by atoms with Crippen LogP contribution in [0.15, 0.2) is 29.2 Å². The number of carbonyl (C=O) groups is 1. The predicted octanol–water partition coefficient (Wildman–Crippen LogP) is 0.372. The van der Waals surface area contributed by atoms with Crippen molar-refractivity contribution in [2.75, 3.05) is 39.8 Å². The molecule has 1 aliphatic heterocycles. The maximum Gasteiger partial charge on any atom is 0.253 e. The molecule has 0 radical (unpaired) electrons. The van der Waals surface area contributed by atoms with Crippen LogP contribution in [-0.2, 0) is 10.0 Å². The maximum atomic E-state index is 12.4. The van der Waals surface area contributed by atoms with Crippen LogP contribution in [0, 0.1) is 0 Å². The van der Waals surface area contributed by atoms with Crippen molar-refractivity contribution in [1.29, 1.82) is 0 Å². The van der Waals surface area contributed by atoms with Gasteiger partial charge in [0.15, 0.2) is 0 Å². The molecule has 1 aromatic carbocycles. The molecule has 6 nitrogen and oxygen atoms in total. The molecule has 1 aliphatic rings. The monoisotopic (exact) mass is 311 g/mol. The van der Waals surface area contributed by atoms with Gasteiger partial charge in [-0.05, 0) is 25.2 Å². The largest absolute Gasteiger partial charge is 0.336 e. The van der Waals surface area contributed by atoms with E-state index in [1.54, 1.807) is 24.0 Å². The van der Waals surface area contributed by atoms with Gasteiger partial charge < -0.3 is 9.80 Å². The van der Waals surface area contributed by atoms with Crippen molar-refractivity contribution < 1.29 is 13.2 Å². The molecule has 116 valence electrons. The lowest BCUT2D eigenvalue weighted by molar-refractivity contribution is 0.0664. The SMILES string of the molecule is CCNS(=O)(=O)c1cccc(C(=O)N2CCN(C)CC2)c1. The van der Waals surface area contributed by atoms with Crippen molar-refractivity contribution in [2.24, 2.45) is 0 Å². The zero-order chi connectivity index (χ0) is 15.5. The molecule has 1 saturated heterocycles. The Kier molecular flexibility index (Phi) is 4.97. The Labute approximate surface area is 125 Å². The predicted molar refractivity (Wildman–Crippen MR) is 80.7 cm³/mol. The zero-order valence-corrected chi connectivity index (χ0v) is 13.2. The van der Waals surface area contributed by atoms with E-state index >= 15 is 0 Å². The first kappa shape index (κ1) is 15.9. The Balaban J connectivity index is 2.19. The van der Waals surface area contributed by atoms with Gasteiger partial charge in [0.05, 0.1) is 4.90 Å². The van der Waals surface area contributed by atoms with E-state index in [9.17, 15) is 13.2 Å². The molecule has 1 heterocycles. The van der Waals surface area contributed by atoms with E-state index in [0.29, 0.717) is 25.2 Å². The fraction of sp³-hybridized carbons (Fsp3) is 0.500. The van der Waals surface area contributed by atoms with Crippen molar-refractivity contribution in [2.45, 2.75) is 11.8 Å². The van der Waals surface area contributed by atoms with Gasteiger partial charge in [0.25, 0.3) is 5.91 Å². The number of amides is 1. The fourth-order valence-corrected chi connectivity index (χ4v) is 3.35. The van der Waals surface area contributed by atoms with Crippen molar-refractivity contribution >= 4 is 15.9 Å². The lowest BCUT2D eigenvalue weighted by Crippen LogP contribution is -2.47. The molecule has 0 unspecified atom stereocenters. The molecule has 0 aliphatic carbocycles. The van der Waals surface area contributed by atoms with E-state index < -0.39 is 10.0 Å². The molecule has 0 bridgehead atoms. The van der Waals surface area contributed by atoms with E-state index in [1.807, 2.05) is 7.05 Å². The first-order chi connectivity index (χ1) is 9.94. The molecule has 1 aromatic rings. The Bertz CT molecular complexity index is 608. The van der Waals surface area contributed by atoms with Crippen LogP contribution >= 0.6 is 0 Å². The van der Waals surface area contributed by atoms with Gasteiger partial charge in [-0.25, -0.2) is 13.1 Å². The molecule has 1 N–H and O–H groups in total. The summed E-state index contributed by atoms with van der Waals surface area (Å²) >= 11 is 0. The molecule has 21 heavy (non-hydrogen) atoms. The Morgan fingerprint density at radius 1 is 1.24 bits per heavy atom. The van der Waals surface area contributed by atoms with Gasteiger partial charge in [0, 0.05) is 38.3 Å². The molecule has 0 aromatic heterocycles. The normalized spacial score (nSPS) is 17.0. The first-order valence-electron chi connectivity index (χ1n) is 7.01. The molecule has 7 heteroatoms. The summed E-state index contributed by atoms with van der Waals surface area (Å²) in [5.74, 6) is -0.114. The highest BCUT2D eigenvalue weighted by Gasteiger charge is 2.22. The van der Waals surface area contributed by atoms with Crippen molar-refractivity contribution in [1.82, 2.24) is 14.5 Å². The summed E-state index contributed by atoms with van der Waals surface area (Å²) in [4.78, 5) is 16.5. The van der Waals surface area contributed by atoms with E-state index in [2.05, 4.69) is 9.62 Å². The minimum Gasteiger partial charge on any atom is -0.336 e. The van der Waals surface area contributed by atoms with Gasteiger partial charge in [-0.1, -0.05) is 13.0 Å². The lowest BCUT2D eigenvalue weighted by atomic mass is 10.2. The summed E-state index contributed by atoms with van der Waals surface area (Å²) in [5.41, 5.74) is 0.415. The van der Waals surface area contributed by atoms with Crippen molar-refractivity contribution in [3.8, 4) is 0 Å². The number of nitrogens with one attached hydrogen (secondary N) is 1. The van der Waals surface area contributed by atoms with Gasteiger partial charge in [-0.3, -0.25) is 4.79 Å². The minimum absolute atomic E-state index is 0.114. The van der Waals surface area contributed by atoms with Gasteiger partial charge in [-0.2, -0.15) is 0 Å². The lowest BCUT2D eigenvalue weighted by Gasteiger charge is -2.32. The van der Waals surface area contributed by atoms with E-state index in [-0.39, 0.29) is 10.8 Å². The number of hydrogen-bond donors (Lipinski definition) is 1. The second kappa shape index (κ2) is 6.55. The highest BCUT2D eigenvalue weighted by molar-refractivity contribution is 7.89. The third-order valence-corrected chi connectivity index (χ3v) is 5.06. The molecule has 0 saturated carbocycles. The Hall–Kier alpha value is -1.44. The average molecular weight is 311 g/mol. The summed E-state index contributed by atoms with van der Waals surface area (Å²) in [7, 11) is -1.52. The second-order valence-corrected chi connectivity index (χ2v) is 6.89. The van der Waals surface area contributed by atoms with Crippen LogP contribution in [0.5, 0.6) is 0 Å². The summed E-state index contributed by atoms with van der Waals surface area (Å²) in [6.45, 7) is 5.04. The van der Waals surface area contributed by atoms with Crippen LogP contribution in [-0.4, -0.2) is 63.9 Å². The van der Waals surface area contributed by atoms with Crippen LogP contribution in [0.1, 0.15) is 17.3 Å². The number of piperazine rings is 1. The Morgan fingerprint density at radius 2 is 1.90 bits per heavy atom. The Morgan fingerprint density at radius 3 is 2.52 bits per heavy atom. The first-order valence-corrected chi connectivity index (χ1v) is 8.50. The number of carbonyl (C=O) groups excluding carboxylic acids is 1. The fourth-order valence-electron chi connectivity index (χ4n) is 2.26. The minimum atomic E-state index is -3.53. The number of benzene rings is 1. The molecular formula is C14H21N3O3S. The standard InChI is InChI=1S/C14H21N3O3S/c1-3-15-21(19,20)13-6-4-5-12(11-13)14(18)17-9-7-16(2)8-10-17/h4-6,11,15H,3,7-10H2,1-2H3. The highest BCUT2D eigenvalue weighted by atomic mass is 32.2. The summed E-state index contributed by atoms with van der Waals surface area (Å²) < 4.78 is 26.4. The quantitative estimate of drug-likeness (QED) is 0.872. The molecular weight excluding hydrogens is 290 g/mol. The third-order valence-electron chi connectivity index (χ3n) is 3.52. The van der Waals surface area contributed by atoms with Crippen LogP contribution in [0.2, 0.25) is 0 Å².